The minimum absolute atomic E-state index is 0.0705. The number of aromatic amines is 1. The Morgan fingerprint density at radius 3 is 2.73 bits per heavy atom. The summed E-state index contributed by atoms with van der Waals surface area (Å²) in [6.07, 6.45) is 0.390. The van der Waals surface area contributed by atoms with Gasteiger partial charge in [0.25, 0.3) is 5.91 Å². The van der Waals surface area contributed by atoms with Gasteiger partial charge >= 0.3 is 0 Å². The maximum atomic E-state index is 14.9. The number of aromatic nitrogens is 2. The quantitative estimate of drug-likeness (QED) is 0.340. The molecule has 1 fully saturated rings. The summed E-state index contributed by atoms with van der Waals surface area (Å²) in [5.41, 5.74) is 0.999. The lowest BCUT2D eigenvalue weighted by atomic mass is 9.97. The summed E-state index contributed by atoms with van der Waals surface area (Å²) in [4.78, 5) is 21.0. The predicted molar refractivity (Wildman–Crippen MR) is 135 cm³/mol. The molecule has 0 bridgehead atoms. The maximum Gasteiger partial charge on any atom is 0.270 e. The van der Waals surface area contributed by atoms with Crippen LogP contribution in [0.5, 0.6) is 5.75 Å². The molecule has 0 saturated carbocycles. The van der Waals surface area contributed by atoms with Crippen molar-refractivity contribution in [3.8, 4) is 17.6 Å². The van der Waals surface area contributed by atoms with Crippen molar-refractivity contribution in [2.24, 2.45) is 0 Å². The normalized spacial score (nSPS) is 15.5. The number of pyridine rings is 1. The number of hydrogen-bond acceptors (Lipinski definition) is 4. The zero-order valence-corrected chi connectivity index (χ0v) is 20.1. The number of halogens is 2. The van der Waals surface area contributed by atoms with Gasteiger partial charge in [-0.3, -0.25) is 4.79 Å². The van der Waals surface area contributed by atoms with Gasteiger partial charge in [-0.25, -0.2) is 13.8 Å². The van der Waals surface area contributed by atoms with Gasteiger partial charge in [0.2, 0.25) is 0 Å². The highest BCUT2D eigenvalue weighted by Gasteiger charge is 2.30. The highest BCUT2D eigenvalue weighted by atomic mass is 19.1. The number of amides is 1. The number of aryl methyl sites for hydroxylation is 1. The van der Waals surface area contributed by atoms with Crippen LogP contribution >= 0.6 is 0 Å². The van der Waals surface area contributed by atoms with E-state index in [1.165, 1.54) is 18.2 Å². The van der Waals surface area contributed by atoms with Crippen molar-refractivity contribution in [3.05, 3.63) is 94.7 Å². The van der Waals surface area contributed by atoms with Crippen LogP contribution in [0.4, 0.5) is 8.78 Å². The molecule has 8 heteroatoms. The van der Waals surface area contributed by atoms with Crippen LogP contribution in [0.15, 0.2) is 60.7 Å². The number of nitrogens with zero attached hydrogens (tertiary/aromatic N) is 1. The number of carbonyl (C=O) groups excluding carboxylic acids is 1. The number of carbonyl (C=O) groups is 1. The Morgan fingerprint density at radius 2 is 1.95 bits per heavy atom. The first kappa shape index (κ1) is 24.5. The van der Waals surface area contributed by atoms with Crippen molar-refractivity contribution in [3.63, 3.8) is 0 Å². The second-order valence-electron chi connectivity index (χ2n) is 9.13. The zero-order chi connectivity index (χ0) is 26.0. The van der Waals surface area contributed by atoms with Gasteiger partial charge in [0, 0.05) is 40.9 Å². The van der Waals surface area contributed by atoms with Crippen LogP contribution < -0.4 is 5.32 Å². The number of alkyl halides is 1. The van der Waals surface area contributed by atoms with E-state index in [2.05, 4.69) is 27.1 Å². The summed E-state index contributed by atoms with van der Waals surface area (Å²) < 4.78 is 34.3. The number of hydrogen-bond donors (Lipinski definition) is 3. The van der Waals surface area contributed by atoms with E-state index < -0.39 is 23.4 Å². The molecule has 2 aromatic carbocycles. The van der Waals surface area contributed by atoms with E-state index in [4.69, 9.17) is 4.74 Å². The molecule has 0 spiro atoms. The van der Waals surface area contributed by atoms with Gasteiger partial charge in [-0.2, -0.15) is 0 Å². The third kappa shape index (κ3) is 5.47. The fourth-order valence-corrected chi connectivity index (χ4v) is 4.40. The number of para-hydroxylation sites is 1. The molecule has 5 rings (SSSR count). The molecule has 1 aliphatic heterocycles. The number of phenols is 1. The third-order valence-electron chi connectivity index (χ3n) is 6.34. The van der Waals surface area contributed by atoms with Gasteiger partial charge < -0.3 is 20.1 Å². The minimum Gasteiger partial charge on any atom is -0.508 e. The van der Waals surface area contributed by atoms with E-state index in [-0.39, 0.29) is 29.8 Å². The summed E-state index contributed by atoms with van der Waals surface area (Å²) in [7, 11) is 0. The second-order valence-corrected chi connectivity index (χ2v) is 9.13. The molecule has 3 heterocycles. The van der Waals surface area contributed by atoms with Crippen LogP contribution in [0.25, 0.3) is 10.9 Å². The van der Waals surface area contributed by atoms with Crippen molar-refractivity contribution < 1.29 is 23.4 Å². The first-order valence-electron chi connectivity index (χ1n) is 12.0. The molecule has 1 saturated heterocycles. The lowest BCUT2D eigenvalue weighted by Gasteiger charge is -2.24. The van der Waals surface area contributed by atoms with E-state index in [1.807, 2.05) is 30.3 Å². The zero-order valence-electron chi connectivity index (χ0n) is 20.1. The Labute approximate surface area is 212 Å². The van der Waals surface area contributed by atoms with Gasteiger partial charge in [-0.1, -0.05) is 30.0 Å². The molecule has 0 radical (unpaired) electrons. The number of benzene rings is 2. The minimum atomic E-state index is -1.63. The van der Waals surface area contributed by atoms with Gasteiger partial charge in [0.05, 0.1) is 19.3 Å². The van der Waals surface area contributed by atoms with E-state index in [9.17, 15) is 18.7 Å². The largest absolute Gasteiger partial charge is 0.508 e. The van der Waals surface area contributed by atoms with E-state index >= 15 is 0 Å². The average molecular weight is 502 g/mol. The lowest BCUT2D eigenvalue weighted by Crippen LogP contribution is -2.30. The van der Waals surface area contributed by atoms with Crippen molar-refractivity contribution in [1.29, 1.82) is 0 Å². The van der Waals surface area contributed by atoms with Crippen LogP contribution in [0.3, 0.4) is 0 Å². The van der Waals surface area contributed by atoms with Crippen LogP contribution in [-0.4, -0.2) is 39.9 Å². The number of rotatable bonds is 4. The molecular weight excluding hydrogens is 476 g/mol. The molecule has 0 aliphatic carbocycles. The fourth-order valence-electron chi connectivity index (χ4n) is 4.40. The molecule has 1 aliphatic rings. The van der Waals surface area contributed by atoms with Crippen molar-refractivity contribution >= 4 is 16.8 Å². The Morgan fingerprint density at radius 1 is 1.16 bits per heavy atom. The summed E-state index contributed by atoms with van der Waals surface area (Å²) in [6.45, 7) is 2.35. The summed E-state index contributed by atoms with van der Waals surface area (Å²) in [6, 6.07) is 15.2. The molecule has 6 nitrogen and oxygen atoms in total. The number of phenolic OH excluding ortho intramolecular Hbond substituents is 1. The number of ether oxygens (including phenoxy) is 1. The molecule has 1 amide bonds. The predicted octanol–water partition coefficient (Wildman–Crippen LogP) is 5.11. The van der Waals surface area contributed by atoms with E-state index in [0.29, 0.717) is 30.2 Å². The van der Waals surface area contributed by atoms with Crippen LogP contribution in [0.1, 0.15) is 51.9 Å². The van der Waals surface area contributed by atoms with Gasteiger partial charge in [-0.15, -0.1) is 0 Å². The molecule has 37 heavy (non-hydrogen) atoms. The highest BCUT2D eigenvalue weighted by molar-refractivity contribution is 5.93. The third-order valence-corrected chi connectivity index (χ3v) is 6.34. The van der Waals surface area contributed by atoms with Gasteiger partial charge in [0.15, 0.2) is 5.67 Å². The van der Waals surface area contributed by atoms with Crippen molar-refractivity contribution in [2.45, 2.75) is 31.5 Å². The Bertz CT molecular complexity index is 1500. The molecule has 4 aromatic rings. The SMILES string of the molecule is Cc1cc(C#CC2(F)CCOCC2)cc(C(=O)NC(c2cc3ccccc3[nH]2)c2cc(F)ccc2O)n1. The van der Waals surface area contributed by atoms with Crippen LogP contribution in [0.2, 0.25) is 0 Å². The monoisotopic (exact) mass is 501 g/mol. The summed E-state index contributed by atoms with van der Waals surface area (Å²) in [5, 5.41) is 14.3. The second kappa shape index (κ2) is 10.0. The molecule has 188 valence electrons. The van der Waals surface area contributed by atoms with E-state index in [0.717, 1.165) is 17.0 Å². The topological polar surface area (TPSA) is 87.2 Å². The Hall–Kier alpha value is -4.22. The molecule has 1 atom stereocenters. The number of aromatic hydroxyl groups is 1. The van der Waals surface area contributed by atoms with Crippen LogP contribution in [-0.2, 0) is 4.74 Å². The average Bonchev–Trinajstić information content (AvgIpc) is 3.32. The lowest BCUT2D eigenvalue weighted by molar-refractivity contribution is 0.0218. The highest BCUT2D eigenvalue weighted by Crippen LogP contribution is 2.32. The van der Waals surface area contributed by atoms with Crippen molar-refractivity contribution in [1.82, 2.24) is 15.3 Å². The van der Waals surface area contributed by atoms with Crippen LogP contribution in [0, 0.1) is 24.6 Å². The van der Waals surface area contributed by atoms with E-state index in [1.54, 1.807) is 13.0 Å². The maximum absolute atomic E-state index is 14.9. The van der Waals surface area contributed by atoms with Crippen molar-refractivity contribution in [2.75, 3.05) is 13.2 Å². The standard InChI is InChI=1S/C29H25F2N3O3/c1-18-14-19(8-9-29(31)10-12-37-13-11-29)15-25(32-18)28(36)34-27(22-17-21(30)6-7-26(22)35)24-16-20-4-2-3-5-23(20)33-24/h2-7,14-17,27,33,35H,10-13H2,1H3,(H,34,36). The molecule has 2 aromatic heterocycles. The summed E-state index contributed by atoms with van der Waals surface area (Å²) in [5.74, 6) is 4.26. The fraction of sp³-hybridized carbons (Fsp3) is 0.241. The smallest absolute Gasteiger partial charge is 0.270 e. The first-order chi connectivity index (χ1) is 17.8. The number of fused-ring (bicyclic) bond motifs is 1. The summed E-state index contributed by atoms with van der Waals surface area (Å²) >= 11 is 0. The number of nitrogens with one attached hydrogen (secondary N) is 2. The number of H-pyrrole nitrogens is 1. The first-order valence-corrected chi connectivity index (χ1v) is 12.0. The molecule has 3 N–H and O–H groups in total. The van der Waals surface area contributed by atoms with Gasteiger partial charge in [0.1, 0.15) is 17.3 Å². The molecular formula is C29H25F2N3O3. The van der Waals surface area contributed by atoms with Gasteiger partial charge in [-0.05, 0) is 54.8 Å². The molecule has 1 unspecified atom stereocenters. The Balaban J connectivity index is 1.49. The Kier molecular flexibility index (Phi) is 6.64.